The largest absolute Gasteiger partial charge is 0.416 e. The number of rotatable bonds is 6. The molecule has 2 aromatic rings. The van der Waals surface area contributed by atoms with Gasteiger partial charge in [-0.3, -0.25) is 10.1 Å². The fraction of sp³-hybridized carbons (Fsp3) is 0.250. The Kier molecular flexibility index (Phi) is 6.06. The summed E-state index contributed by atoms with van der Waals surface area (Å²) >= 11 is 0. The molecule has 2 N–H and O–H groups in total. The third-order valence-electron chi connectivity index (χ3n) is 3.89. The van der Waals surface area contributed by atoms with Crippen LogP contribution in [0.25, 0.3) is 0 Å². The first kappa shape index (κ1) is 21.7. The highest BCUT2D eigenvalue weighted by atomic mass is 32.2. The third kappa shape index (κ3) is 4.82. The second-order valence-electron chi connectivity index (χ2n) is 5.91. The van der Waals surface area contributed by atoms with Gasteiger partial charge in [0.2, 0.25) is 10.0 Å². The van der Waals surface area contributed by atoms with Gasteiger partial charge in [0.1, 0.15) is 5.82 Å². The normalized spacial score (nSPS) is 13.5. The summed E-state index contributed by atoms with van der Waals surface area (Å²) in [5, 5.41) is 10.6. The molecule has 0 unspecified atom stereocenters. The molecule has 0 aromatic heterocycles. The van der Waals surface area contributed by atoms with E-state index in [-0.39, 0.29) is 16.1 Å². The lowest BCUT2D eigenvalue weighted by Gasteiger charge is -2.22. The van der Waals surface area contributed by atoms with Crippen molar-refractivity contribution in [3.63, 3.8) is 0 Å². The Morgan fingerprint density at radius 2 is 1.75 bits per heavy atom. The van der Waals surface area contributed by atoms with E-state index in [1.807, 2.05) is 0 Å². The molecule has 7 nitrogen and oxygen atoms in total. The summed E-state index contributed by atoms with van der Waals surface area (Å²) < 4.78 is 77.8. The maximum Gasteiger partial charge on any atom is 0.416 e. The lowest BCUT2D eigenvalue weighted by Crippen LogP contribution is -2.34. The molecule has 2 aromatic carbocycles. The molecule has 0 spiro atoms. The van der Waals surface area contributed by atoms with Crippen LogP contribution in [-0.2, 0) is 16.2 Å². The van der Waals surface area contributed by atoms with Crippen LogP contribution in [0, 0.1) is 15.9 Å². The molecule has 0 bridgehead atoms. The molecule has 152 valence electrons. The summed E-state index contributed by atoms with van der Waals surface area (Å²) in [6.45, 7) is -0.444. The average Bonchev–Trinajstić information content (AvgIpc) is 2.60. The van der Waals surface area contributed by atoms with Crippen LogP contribution in [-0.4, -0.2) is 31.2 Å². The predicted octanol–water partition coefficient (Wildman–Crippen LogP) is 3.07. The highest BCUT2D eigenvalue weighted by molar-refractivity contribution is 7.89. The van der Waals surface area contributed by atoms with E-state index in [2.05, 4.69) is 0 Å². The van der Waals surface area contributed by atoms with Gasteiger partial charge in [0, 0.05) is 31.8 Å². The molecule has 0 aliphatic carbocycles. The molecular weight excluding hydrogens is 406 g/mol. The number of nitro benzene ring substituents is 1. The third-order valence-corrected chi connectivity index (χ3v) is 5.72. The molecular formula is C16H15F4N3O4S. The van der Waals surface area contributed by atoms with Crippen molar-refractivity contribution in [2.75, 3.05) is 13.6 Å². The SMILES string of the molecule is CN(C[C@@H](N)c1cc(F)cc(C(F)(F)F)c1)S(=O)(=O)c1ccc([N+](=O)[O-])cc1. The molecule has 0 saturated heterocycles. The summed E-state index contributed by atoms with van der Waals surface area (Å²) in [5.41, 5.74) is 4.02. The average molecular weight is 421 g/mol. The highest BCUT2D eigenvalue weighted by Crippen LogP contribution is 2.31. The van der Waals surface area contributed by atoms with Gasteiger partial charge in [0.05, 0.1) is 15.4 Å². The van der Waals surface area contributed by atoms with Crippen LogP contribution in [0.4, 0.5) is 23.2 Å². The number of halogens is 4. The van der Waals surface area contributed by atoms with Crippen LogP contribution in [0.5, 0.6) is 0 Å². The minimum atomic E-state index is -4.78. The van der Waals surface area contributed by atoms with Crippen LogP contribution in [0.15, 0.2) is 47.4 Å². The zero-order valence-corrected chi connectivity index (χ0v) is 15.2. The highest BCUT2D eigenvalue weighted by Gasteiger charge is 2.32. The van der Waals surface area contributed by atoms with Crippen LogP contribution >= 0.6 is 0 Å². The van der Waals surface area contributed by atoms with Gasteiger partial charge in [0.25, 0.3) is 5.69 Å². The summed E-state index contributed by atoms with van der Waals surface area (Å²) in [4.78, 5) is 9.68. The zero-order chi connectivity index (χ0) is 21.3. The van der Waals surface area contributed by atoms with Crippen LogP contribution in [0.2, 0.25) is 0 Å². The molecule has 12 heteroatoms. The number of nitrogens with two attached hydrogens (primary N) is 1. The van der Waals surface area contributed by atoms with Gasteiger partial charge in [-0.15, -0.1) is 0 Å². The van der Waals surface area contributed by atoms with Gasteiger partial charge in [-0.25, -0.2) is 12.8 Å². The van der Waals surface area contributed by atoms with Gasteiger partial charge < -0.3 is 5.73 Å². The summed E-state index contributed by atoms with van der Waals surface area (Å²) in [7, 11) is -2.98. The van der Waals surface area contributed by atoms with E-state index in [4.69, 9.17) is 5.73 Å². The van der Waals surface area contributed by atoms with E-state index >= 15 is 0 Å². The lowest BCUT2D eigenvalue weighted by atomic mass is 10.0. The number of likely N-dealkylation sites (N-methyl/N-ethyl adjacent to an activating group) is 1. The number of nitro groups is 1. The lowest BCUT2D eigenvalue weighted by molar-refractivity contribution is -0.384. The van der Waals surface area contributed by atoms with E-state index < -0.39 is 45.1 Å². The van der Waals surface area contributed by atoms with Crippen molar-refractivity contribution in [2.24, 2.45) is 5.73 Å². The Bertz CT molecular complexity index is 978. The van der Waals surface area contributed by atoms with Crippen molar-refractivity contribution in [2.45, 2.75) is 17.1 Å². The minimum absolute atomic E-state index is 0.224. The Labute approximate surface area is 157 Å². The Morgan fingerprint density at radius 1 is 1.18 bits per heavy atom. The molecule has 0 fully saturated rings. The van der Waals surface area contributed by atoms with Crippen LogP contribution in [0.3, 0.4) is 0 Å². The Morgan fingerprint density at radius 3 is 2.25 bits per heavy atom. The number of hydrogen-bond acceptors (Lipinski definition) is 5. The van der Waals surface area contributed by atoms with Crippen molar-refractivity contribution in [3.8, 4) is 0 Å². The standard InChI is InChI=1S/C16H15F4N3O4S/c1-22(28(26,27)14-4-2-13(3-5-14)23(24)25)9-15(21)10-6-11(16(18,19)20)8-12(17)7-10/h2-8,15H,9,21H2,1H3/t15-/m1/s1. The zero-order valence-electron chi connectivity index (χ0n) is 14.4. The van der Waals surface area contributed by atoms with Crippen molar-refractivity contribution >= 4 is 15.7 Å². The van der Waals surface area contributed by atoms with Crippen molar-refractivity contribution < 1.29 is 30.9 Å². The van der Waals surface area contributed by atoms with E-state index in [1.165, 1.54) is 0 Å². The van der Waals surface area contributed by atoms with Crippen LogP contribution in [0.1, 0.15) is 17.2 Å². The number of non-ortho nitro benzene ring substituents is 1. The van der Waals surface area contributed by atoms with E-state index in [0.717, 1.165) is 41.7 Å². The maximum atomic E-state index is 13.5. The number of alkyl halides is 3. The van der Waals surface area contributed by atoms with Gasteiger partial charge in [-0.05, 0) is 35.9 Å². The summed E-state index contributed by atoms with van der Waals surface area (Å²) in [5.74, 6) is -1.15. The monoisotopic (exact) mass is 421 g/mol. The topological polar surface area (TPSA) is 107 Å². The van der Waals surface area contributed by atoms with E-state index in [9.17, 15) is 36.1 Å². The number of sulfonamides is 1. The van der Waals surface area contributed by atoms with Gasteiger partial charge in [-0.2, -0.15) is 17.5 Å². The number of benzene rings is 2. The Hall–Kier alpha value is -2.57. The summed E-state index contributed by atoms with van der Waals surface area (Å²) in [6, 6.07) is 4.58. The quantitative estimate of drug-likeness (QED) is 0.438. The molecule has 0 aliphatic rings. The molecule has 2 rings (SSSR count). The fourth-order valence-corrected chi connectivity index (χ4v) is 3.59. The van der Waals surface area contributed by atoms with Crippen molar-refractivity contribution in [1.29, 1.82) is 0 Å². The maximum absolute atomic E-state index is 13.5. The van der Waals surface area contributed by atoms with Crippen molar-refractivity contribution in [3.05, 3.63) is 69.5 Å². The molecule has 0 aliphatic heterocycles. The molecule has 0 amide bonds. The number of nitrogens with zero attached hydrogens (tertiary/aromatic N) is 2. The molecule has 1 atom stereocenters. The van der Waals surface area contributed by atoms with Gasteiger partial charge in [-0.1, -0.05) is 0 Å². The second-order valence-corrected chi connectivity index (χ2v) is 7.96. The number of hydrogen-bond donors (Lipinski definition) is 1. The van der Waals surface area contributed by atoms with E-state index in [1.54, 1.807) is 0 Å². The first-order chi connectivity index (χ1) is 12.8. The van der Waals surface area contributed by atoms with Crippen LogP contribution < -0.4 is 5.73 Å². The molecule has 0 heterocycles. The molecule has 28 heavy (non-hydrogen) atoms. The smallest absolute Gasteiger partial charge is 0.323 e. The molecule has 0 saturated carbocycles. The van der Waals surface area contributed by atoms with Gasteiger partial charge >= 0.3 is 6.18 Å². The first-order valence-electron chi connectivity index (χ1n) is 7.66. The second kappa shape index (κ2) is 7.81. The van der Waals surface area contributed by atoms with E-state index in [0.29, 0.717) is 12.1 Å². The first-order valence-corrected chi connectivity index (χ1v) is 9.10. The minimum Gasteiger partial charge on any atom is -0.323 e. The van der Waals surface area contributed by atoms with Crippen molar-refractivity contribution in [1.82, 2.24) is 4.31 Å². The summed E-state index contributed by atoms with van der Waals surface area (Å²) in [6.07, 6.45) is -4.78. The molecule has 0 radical (unpaired) electrons. The van der Waals surface area contributed by atoms with Gasteiger partial charge in [0.15, 0.2) is 0 Å². The Balaban J connectivity index is 2.24. The fourth-order valence-electron chi connectivity index (χ4n) is 2.39. The predicted molar refractivity (Wildman–Crippen MR) is 91.2 cm³/mol.